The zero-order valence-corrected chi connectivity index (χ0v) is 13.7. The van der Waals surface area contributed by atoms with Crippen molar-refractivity contribution in [1.82, 2.24) is 5.32 Å². The summed E-state index contributed by atoms with van der Waals surface area (Å²) in [5.74, 6) is -0.125. The molecule has 1 aliphatic rings. The van der Waals surface area contributed by atoms with Gasteiger partial charge in [0.1, 0.15) is 6.61 Å². The molecule has 124 valence electrons. The van der Waals surface area contributed by atoms with Gasteiger partial charge in [-0.1, -0.05) is 30.3 Å². The molecule has 1 atom stereocenters. The SMILES string of the molecule is CC(C)NC(=O)c1ccc(N2C(=O)OC[C@@H]2c2ccccc2)cc1. The van der Waals surface area contributed by atoms with E-state index in [0.717, 1.165) is 5.56 Å². The van der Waals surface area contributed by atoms with Crippen LogP contribution in [0.2, 0.25) is 0 Å². The summed E-state index contributed by atoms with van der Waals surface area (Å²) >= 11 is 0. The number of anilines is 1. The summed E-state index contributed by atoms with van der Waals surface area (Å²) in [7, 11) is 0. The monoisotopic (exact) mass is 324 g/mol. The van der Waals surface area contributed by atoms with Gasteiger partial charge in [-0.05, 0) is 43.7 Å². The van der Waals surface area contributed by atoms with Gasteiger partial charge in [-0.3, -0.25) is 9.69 Å². The number of carbonyl (C=O) groups excluding carboxylic acids is 2. The predicted octanol–water partition coefficient (Wildman–Crippen LogP) is 3.52. The molecule has 1 N–H and O–H groups in total. The van der Waals surface area contributed by atoms with E-state index in [9.17, 15) is 9.59 Å². The second-order valence-electron chi connectivity index (χ2n) is 6.05. The van der Waals surface area contributed by atoms with Crippen molar-refractivity contribution in [2.24, 2.45) is 0 Å². The molecule has 0 saturated carbocycles. The summed E-state index contributed by atoms with van der Waals surface area (Å²) in [6, 6.07) is 16.7. The zero-order chi connectivity index (χ0) is 17.1. The lowest BCUT2D eigenvalue weighted by atomic mass is 10.1. The highest BCUT2D eigenvalue weighted by atomic mass is 16.6. The van der Waals surface area contributed by atoms with E-state index in [-0.39, 0.29) is 24.1 Å². The summed E-state index contributed by atoms with van der Waals surface area (Å²) in [5.41, 5.74) is 2.30. The minimum absolute atomic E-state index is 0.0770. The smallest absolute Gasteiger partial charge is 0.415 e. The number of ether oxygens (including phenoxy) is 1. The maximum Gasteiger partial charge on any atom is 0.415 e. The Morgan fingerprint density at radius 3 is 2.42 bits per heavy atom. The molecule has 5 nitrogen and oxygen atoms in total. The summed E-state index contributed by atoms with van der Waals surface area (Å²) in [6.45, 7) is 4.15. The van der Waals surface area contributed by atoms with Gasteiger partial charge < -0.3 is 10.1 Å². The van der Waals surface area contributed by atoms with Crippen molar-refractivity contribution in [2.75, 3.05) is 11.5 Å². The van der Waals surface area contributed by atoms with E-state index in [0.29, 0.717) is 17.9 Å². The van der Waals surface area contributed by atoms with Crippen LogP contribution in [0.4, 0.5) is 10.5 Å². The summed E-state index contributed by atoms with van der Waals surface area (Å²) in [4.78, 5) is 25.8. The third-order valence-corrected chi connectivity index (χ3v) is 3.88. The number of benzene rings is 2. The van der Waals surface area contributed by atoms with Gasteiger partial charge in [0.25, 0.3) is 5.91 Å². The van der Waals surface area contributed by atoms with Gasteiger partial charge in [0.2, 0.25) is 0 Å². The van der Waals surface area contributed by atoms with Crippen molar-refractivity contribution in [3.8, 4) is 0 Å². The topological polar surface area (TPSA) is 58.6 Å². The van der Waals surface area contributed by atoms with Crippen molar-refractivity contribution >= 4 is 17.7 Å². The predicted molar refractivity (Wildman–Crippen MR) is 92.1 cm³/mol. The van der Waals surface area contributed by atoms with Crippen molar-refractivity contribution < 1.29 is 14.3 Å². The summed E-state index contributed by atoms with van der Waals surface area (Å²) in [5, 5.41) is 2.85. The Balaban J connectivity index is 1.84. The molecule has 3 rings (SSSR count). The maximum atomic E-state index is 12.1. The fourth-order valence-corrected chi connectivity index (χ4v) is 2.75. The van der Waals surface area contributed by atoms with Gasteiger partial charge in [0, 0.05) is 17.3 Å². The van der Waals surface area contributed by atoms with Crippen LogP contribution in [0.3, 0.4) is 0 Å². The molecule has 0 aliphatic carbocycles. The molecule has 0 radical (unpaired) electrons. The highest BCUT2D eigenvalue weighted by molar-refractivity contribution is 5.96. The molecule has 24 heavy (non-hydrogen) atoms. The first-order chi connectivity index (χ1) is 11.6. The van der Waals surface area contributed by atoms with Crippen molar-refractivity contribution in [1.29, 1.82) is 0 Å². The van der Waals surface area contributed by atoms with Crippen LogP contribution in [0.25, 0.3) is 0 Å². The van der Waals surface area contributed by atoms with E-state index in [1.165, 1.54) is 0 Å². The lowest BCUT2D eigenvalue weighted by Crippen LogP contribution is -2.30. The van der Waals surface area contributed by atoms with Crippen LogP contribution < -0.4 is 10.2 Å². The van der Waals surface area contributed by atoms with Gasteiger partial charge in [-0.2, -0.15) is 0 Å². The number of amides is 2. The van der Waals surface area contributed by atoms with Crippen molar-refractivity contribution in [3.05, 3.63) is 65.7 Å². The molecule has 0 bridgehead atoms. The molecule has 1 aliphatic heterocycles. The first-order valence-electron chi connectivity index (χ1n) is 7.98. The number of cyclic esters (lactones) is 1. The molecule has 1 heterocycles. The Hall–Kier alpha value is -2.82. The van der Waals surface area contributed by atoms with E-state index in [4.69, 9.17) is 4.74 Å². The minimum atomic E-state index is -0.372. The first kappa shape index (κ1) is 16.1. The van der Waals surface area contributed by atoms with Gasteiger partial charge >= 0.3 is 6.09 Å². The standard InChI is InChI=1S/C19H20N2O3/c1-13(2)20-18(22)15-8-10-16(11-9-15)21-17(12-24-19(21)23)14-6-4-3-5-7-14/h3-11,13,17H,12H2,1-2H3,(H,20,22)/t17-/m1/s1. The fourth-order valence-electron chi connectivity index (χ4n) is 2.75. The largest absolute Gasteiger partial charge is 0.447 e. The van der Waals surface area contributed by atoms with Gasteiger partial charge in [-0.25, -0.2) is 4.79 Å². The average molecular weight is 324 g/mol. The lowest BCUT2D eigenvalue weighted by molar-refractivity contribution is 0.0943. The van der Waals surface area contributed by atoms with Crippen molar-refractivity contribution in [3.63, 3.8) is 0 Å². The second kappa shape index (κ2) is 6.74. The van der Waals surface area contributed by atoms with E-state index >= 15 is 0 Å². The summed E-state index contributed by atoms with van der Waals surface area (Å²) in [6.07, 6.45) is -0.372. The molecule has 1 saturated heterocycles. The molecule has 0 aromatic heterocycles. The molecular weight excluding hydrogens is 304 g/mol. The highest BCUT2D eigenvalue weighted by Gasteiger charge is 2.35. The summed E-state index contributed by atoms with van der Waals surface area (Å²) < 4.78 is 5.22. The van der Waals surface area contributed by atoms with Gasteiger partial charge in [0.05, 0.1) is 6.04 Å². The fraction of sp³-hybridized carbons (Fsp3) is 0.263. The Morgan fingerprint density at radius 2 is 1.79 bits per heavy atom. The Morgan fingerprint density at radius 1 is 1.12 bits per heavy atom. The lowest BCUT2D eigenvalue weighted by Gasteiger charge is -2.22. The van der Waals surface area contributed by atoms with Crippen molar-refractivity contribution in [2.45, 2.75) is 25.9 Å². The van der Waals surface area contributed by atoms with Crippen LogP contribution in [0.1, 0.15) is 35.8 Å². The molecule has 2 amide bonds. The number of hydrogen-bond acceptors (Lipinski definition) is 3. The Kier molecular flexibility index (Phi) is 4.51. The third kappa shape index (κ3) is 3.25. The molecule has 0 spiro atoms. The molecular formula is C19H20N2O3. The maximum absolute atomic E-state index is 12.1. The Labute approximate surface area is 141 Å². The number of hydrogen-bond donors (Lipinski definition) is 1. The highest BCUT2D eigenvalue weighted by Crippen LogP contribution is 2.32. The average Bonchev–Trinajstić information content (AvgIpc) is 2.97. The van der Waals surface area contributed by atoms with Crippen LogP contribution in [-0.4, -0.2) is 24.6 Å². The van der Waals surface area contributed by atoms with E-state index in [2.05, 4.69) is 5.32 Å². The quantitative estimate of drug-likeness (QED) is 0.936. The number of rotatable bonds is 4. The minimum Gasteiger partial charge on any atom is -0.447 e. The first-order valence-corrected chi connectivity index (χ1v) is 7.98. The van der Waals surface area contributed by atoms with Crippen LogP contribution in [-0.2, 0) is 4.74 Å². The molecule has 5 heteroatoms. The van der Waals surface area contributed by atoms with Crippen LogP contribution in [0, 0.1) is 0 Å². The van der Waals surface area contributed by atoms with E-state index in [1.807, 2.05) is 44.2 Å². The number of nitrogens with zero attached hydrogens (tertiary/aromatic N) is 1. The van der Waals surface area contributed by atoms with Gasteiger partial charge in [-0.15, -0.1) is 0 Å². The third-order valence-electron chi connectivity index (χ3n) is 3.88. The number of nitrogens with one attached hydrogen (secondary N) is 1. The van der Waals surface area contributed by atoms with Gasteiger partial charge in [0.15, 0.2) is 0 Å². The van der Waals surface area contributed by atoms with E-state index < -0.39 is 0 Å². The van der Waals surface area contributed by atoms with Crippen LogP contribution in [0.5, 0.6) is 0 Å². The normalized spacial score (nSPS) is 17.0. The zero-order valence-electron chi connectivity index (χ0n) is 13.7. The molecule has 2 aromatic rings. The molecule has 1 fully saturated rings. The van der Waals surface area contributed by atoms with Crippen LogP contribution >= 0.6 is 0 Å². The molecule has 0 unspecified atom stereocenters. The molecule has 2 aromatic carbocycles. The van der Waals surface area contributed by atoms with Crippen LogP contribution in [0.15, 0.2) is 54.6 Å². The second-order valence-corrected chi connectivity index (χ2v) is 6.05. The number of carbonyl (C=O) groups is 2. The Bertz CT molecular complexity index is 726. The van der Waals surface area contributed by atoms with E-state index in [1.54, 1.807) is 29.2 Å².